The molecule has 0 unspecified atom stereocenters. The van der Waals surface area contributed by atoms with Crippen molar-refractivity contribution in [2.75, 3.05) is 31.5 Å². The maximum Gasteiger partial charge on any atom is 0.256 e. The number of amides is 2. The summed E-state index contributed by atoms with van der Waals surface area (Å²) in [6, 6.07) is 20.5. The molecule has 0 bridgehead atoms. The number of para-hydroxylation sites is 1. The number of carbonyl (C=O) groups is 2. The highest BCUT2D eigenvalue weighted by atomic mass is 32.1. The average molecular weight is 406 g/mol. The van der Waals surface area contributed by atoms with Crippen LogP contribution in [0.25, 0.3) is 0 Å². The van der Waals surface area contributed by atoms with E-state index in [9.17, 15) is 9.59 Å². The highest BCUT2D eigenvalue weighted by Crippen LogP contribution is 2.20. The molecule has 0 spiro atoms. The standard InChI is InChI=1S/C23H23N3O2S/c27-22(18-7-2-1-3-8-18)24-21-11-5-4-10-20(21)23(28)26-14-12-25(13-15-26)17-19-9-6-16-29-19/h1-11,16H,12-15,17H2,(H,24,27). The fraction of sp³-hybridized carbons (Fsp3) is 0.217. The molecule has 2 aromatic carbocycles. The lowest BCUT2D eigenvalue weighted by Crippen LogP contribution is -2.48. The van der Waals surface area contributed by atoms with E-state index in [1.54, 1.807) is 35.6 Å². The molecule has 2 heterocycles. The van der Waals surface area contributed by atoms with Gasteiger partial charge in [-0.25, -0.2) is 0 Å². The number of piperazine rings is 1. The number of nitrogens with one attached hydrogen (secondary N) is 1. The summed E-state index contributed by atoms with van der Waals surface area (Å²) in [6.45, 7) is 4.00. The smallest absolute Gasteiger partial charge is 0.256 e. The van der Waals surface area contributed by atoms with Crippen LogP contribution in [0.3, 0.4) is 0 Å². The van der Waals surface area contributed by atoms with Crippen LogP contribution in [-0.2, 0) is 6.54 Å². The second-order valence-electron chi connectivity index (χ2n) is 7.01. The van der Waals surface area contributed by atoms with Crippen molar-refractivity contribution < 1.29 is 9.59 Å². The summed E-state index contributed by atoms with van der Waals surface area (Å²) in [6.07, 6.45) is 0. The summed E-state index contributed by atoms with van der Waals surface area (Å²) in [5, 5.41) is 4.98. The van der Waals surface area contributed by atoms with E-state index < -0.39 is 0 Å². The molecule has 1 aliphatic heterocycles. The van der Waals surface area contributed by atoms with Gasteiger partial charge in [0.1, 0.15) is 0 Å². The van der Waals surface area contributed by atoms with Gasteiger partial charge in [-0.05, 0) is 35.7 Å². The van der Waals surface area contributed by atoms with Gasteiger partial charge in [-0.1, -0.05) is 36.4 Å². The Balaban J connectivity index is 1.41. The number of carbonyl (C=O) groups excluding carboxylic acids is 2. The van der Waals surface area contributed by atoms with Gasteiger partial charge in [0.25, 0.3) is 11.8 Å². The maximum atomic E-state index is 13.1. The molecule has 0 saturated carbocycles. The quantitative estimate of drug-likeness (QED) is 0.699. The summed E-state index contributed by atoms with van der Waals surface area (Å²) in [4.78, 5) is 31.2. The van der Waals surface area contributed by atoms with Crippen LogP contribution >= 0.6 is 11.3 Å². The summed E-state index contributed by atoms with van der Waals surface area (Å²) in [7, 11) is 0. The lowest BCUT2D eigenvalue weighted by molar-refractivity contribution is 0.0630. The van der Waals surface area contributed by atoms with Crippen molar-refractivity contribution in [3.8, 4) is 0 Å². The third-order valence-electron chi connectivity index (χ3n) is 5.06. The number of anilines is 1. The zero-order chi connectivity index (χ0) is 20.1. The van der Waals surface area contributed by atoms with Gasteiger partial charge >= 0.3 is 0 Å². The van der Waals surface area contributed by atoms with E-state index >= 15 is 0 Å². The van der Waals surface area contributed by atoms with Gasteiger partial charge in [0.05, 0.1) is 11.3 Å². The number of thiophene rings is 1. The van der Waals surface area contributed by atoms with E-state index in [2.05, 4.69) is 27.7 Å². The molecular formula is C23H23N3O2S. The minimum atomic E-state index is -0.216. The first-order valence-corrected chi connectivity index (χ1v) is 10.6. The lowest BCUT2D eigenvalue weighted by atomic mass is 10.1. The first-order chi connectivity index (χ1) is 14.2. The summed E-state index contributed by atoms with van der Waals surface area (Å²) < 4.78 is 0. The van der Waals surface area contributed by atoms with Crippen LogP contribution in [0.15, 0.2) is 72.1 Å². The van der Waals surface area contributed by atoms with Gasteiger partial charge in [0, 0.05) is 43.2 Å². The molecule has 1 N–H and O–H groups in total. The first kappa shape index (κ1) is 19.4. The summed E-state index contributed by atoms with van der Waals surface area (Å²) in [5.41, 5.74) is 1.65. The molecule has 1 saturated heterocycles. The molecule has 1 aliphatic rings. The third-order valence-corrected chi connectivity index (χ3v) is 5.92. The van der Waals surface area contributed by atoms with Crippen molar-refractivity contribution in [3.63, 3.8) is 0 Å². The lowest BCUT2D eigenvalue weighted by Gasteiger charge is -2.34. The van der Waals surface area contributed by atoms with Gasteiger partial charge in [-0.3, -0.25) is 14.5 Å². The van der Waals surface area contributed by atoms with Crippen LogP contribution in [0.5, 0.6) is 0 Å². The Morgan fingerprint density at radius 1 is 0.862 bits per heavy atom. The highest BCUT2D eigenvalue weighted by molar-refractivity contribution is 7.09. The zero-order valence-electron chi connectivity index (χ0n) is 16.1. The van der Waals surface area contributed by atoms with Crippen LogP contribution in [0.4, 0.5) is 5.69 Å². The maximum absolute atomic E-state index is 13.1. The van der Waals surface area contributed by atoms with Crippen LogP contribution in [-0.4, -0.2) is 47.8 Å². The Hall–Kier alpha value is -2.96. The molecule has 148 valence electrons. The summed E-state index contributed by atoms with van der Waals surface area (Å²) >= 11 is 1.76. The van der Waals surface area contributed by atoms with Crippen LogP contribution in [0.2, 0.25) is 0 Å². The van der Waals surface area contributed by atoms with Crippen LogP contribution < -0.4 is 5.32 Å². The van der Waals surface area contributed by atoms with E-state index in [1.807, 2.05) is 35.2 Å². The van der Waals surface area contributed by atoms with Gasteiger partial charge < -0.3 is 10.2 Å². The fourth-order valence-electron chi connectivity index (χ4n) is 3.46. The third kappa shape index (κ3) is 4.72. The van der Waals surface area contributed by atoms with Crippen molar-refractivity contribution in [1.29, 1.82) is 0 Å². The Kier molecular flexibility index (Phi) is 6.03. The van der Waals surface area contributed by atoms with Crippen molar-refractivity contribution >= 4 is 28.8 Å². The molecule has 1 fully saturated rings. The Morgan fingerprint density at radius 2 is 1.59 bits per heavy atom. The summed E-state index contributed by atoms with van der Waals surface area (Å²) in [5.74, 6) is -0.253. The number of hydrogen-bond acceptors (Lipinski definition) is 4. The second kappa shape index (κ2) is 9.03. The predicted octanol–water partition coefficient (Wildman–Crippen LogP) is 3.96. The predicted molar refractivity (Wildman–Crippen MR) is 116 cm³/mol. The molecule has 3 aromatic rings. The van der Waals surface area contributed by atoms with Gasteiger partial charge in [-0.15, -0.1) is 11.3 Å². The Labute approximate surface area is 174 Å². The number of benzene rings is 2. The molecule has 0 aliphatic carbocycles. The Morgan fingerprint density at radius 3 is 2.31 bits per heavy atom. The van der Waals surface area contributed by atoms with E-state index in [-0.39, 0.29) is 11.8 Å². The average Bonchev–Trinajstić information content (AvgIpc) is 3.28. The van der Waals surface area contributed by atoms with E-state index in [0.29, 0.717) is 29.9 Å². The molecule has 1 aromatic heterocycles. The van der Waals surface area contributed by atoms with Gasteiger partial charge in [-0.2, -0.15) is 0 Å². The molecule has 29 heavy (non-hydrogen) atoms. The number of rotatable bonds is 5. The molecule has 4 rings (SSSR count). The van der Waals surface area contributed by atoms with E-state index in [1.165, 1.54) is 4.88 Å². The zero-order valence-corrected chi connectivity index (χ0v) is 16.9. The molecule has 2 amide bonds. The fourth-order valence-corrected chi connectivity index (χ4v) is 4.21. The minimum absolute atomic E-state index is 0.0373. The highest BCUT2D eigenvalue weighted by Gasteiger charge is 2.24. The largest absolute Gasteiger partial charge is 0.336 e. The molecular weight excluding hydrogens is 382 g/mol. The van der Waals surface area contributed by atoms with Crippen molar-refractivity contribution in [2.45, 2.75) is 6.54 Å². The number of hydrogen-bond donors (Lipinski definition) is 1. The molecule has 5 nitrogen and oxygen atoms in total. The first-order valence-electron chi connectivity index (χ1n) is 9.70. The second-order valence-corrected chi connectivity index (χ2v) is 8.05. The van der Waals surface area contributed by atoms with Crippen molar-refractivity contribution in [2.24, 2.45) is 0 Å². The minimum Gasteiger partial charge on any atom is -0.336 e. The monoisotopic (exact) mass is 405 g/mol. The molecule has 0 radical (unpaired) electrons. The van der Waals surface area contributed by atoms with Crippen molar-refractivity contribution in [1.82, 2.24) is 9.80 Å². The van der Waals surface area contributed by atoms with E-state index in [4.69, 9.17) is 0 Å². The Bertz CT molecular complexity index is 965. The topological polar surface area (TPSA) is 52.7 Å². The van der Waals surface area contributed by atoms with Crippen LogP contribution in [0.1, 0.15) is 25.6 Å². The van der Waals surface area contributed by atoms with Gasteiger partial charge in [0.15, 0.2) is 0 Å². The molecule has 0 atom stereocenters. The SMILES string of the molecule is O=C(Nc1ccccc1C(=O)N1CCN(Cc2cccs2)CC1)c1ccccc1. The normalized spacial score (nSPS) is 14.6. The van der Waals surface area contributed by atoms with E-state index in [0.717, 1.165) is 19.6 Å². The van der Waals surface area contributed by atoms with Gasteiger partial charge in [0.2, 0.25) is 0 Å². The van der Waals surface area contributed by atoms with Crippen molar-refractivity contribution in [3.05, 3.63) is 88.1 Å². The molecule has 6 heteroatoms. The number of nitrogens with zero attached hydrogens (tertiary/aromatic N) is 2. The van der Waals surface area contributed by atoms with Crippen LogP contribution in [0, 0.1) is 0 Å².